The molecule has 1 fully saturated rings. The number of likely N-dealkylation sites (N-methyl/N-ethyl adjacent to an activating group) is 1. The molecule has 1 N–H and O–H groups in total. The fourth-order valence-electron chi connectivity index (χ4n) is 3.37. The van der Waals surface area contributed by atoms with E-state index in [-0.39, 0.29) is 23.0 Å². The summed E-state index contributed by atoms with van der Waals surface area (Å²) in [5.41, 5.74) is 0.120. The molecule has 2 aromatic carbocycles. The number of halogens is 1. The average Bonchev–Trinajstić information content (AvgIpc) is 3.15. The molecule has 1 aliphatic rings. The Labute approximate surface area is 167 Å². The van der Waals surface area contributed by atoms with Crippen LogP contribution < -0.4 is 5.32 Å². The molecule has 148 valence electrons. The molecule has 6 nitrogen and oxygen atoms in total. The van der Waals surface area contributed by atoms with E-state index in [2.05, 4.69) is 17.1 Å². The first-order valence-electron chi connectivity index (χ1n) is 9.22. The second-order valence-electron chi connectivity index (χ2n) is 6.63. The number of rotatable bonds is 7. The molecule has 1 atom stereocenters. The van der Waals surface area contributed by atoms with Crippen LogP contribution in [0.25, 0.3) is 0 Å². The number of nitro groups is 1. The van der Waals surface area contributed by atoms with E-state index in [0.29, 0.717) is 22.4 Å². The summed E-state index contributed by atoms with van der Waals surface area (Å²) in [7, 11) is 0. The summed E-state index contributed by atoms with van der Waals surface area (Å²) in [6, 6.07) is 10.5. The third-order valence-electron chi connectivity index (χ3n) is 4.86. The van der Waals surface area contributed by atoms with Crippen LogP contribution in [0.3, 0.4) is 0 Å². The van der Waals surface area contributed by atoms with Crippen LogP contribution in [-0.4, -0.2) is 41.4 Å². The maximum absolute atomic E-state index is 13.0. The number of benzene rings is 2. The molecule has 1 unspecified atom stereocenters. The summed E-state index contributed by atoms with van der Waals surface area (Å²) in [6.45, 7) is 4.62. The van der Waals surface area contributed by atoms with Crippen molar-refractivity contribution < 1.29 is 14.1 Å². The molecule has 0 radical (unpaired) electrons. The summed E-state index contributed by atoms with van der Waals surface area (Å²) < 4.78 is 13.0. The highest BCUT2D eigenvalue weighted by atomic mass is 32.2. The van der Waals surface area contributed by atoms with Crippen LogP contribution in [0.4, 0.5) is 10.1 Å². The number of amides is 1. The van der Waals surface area contributed by atoms with E-state index in [1.54, 1.807) is 24.3 Å². The van der Waals surface area contributed by atoms with E-state index in [9.17, 15) is 19.3 Å². The molecule has 0 bridgehead atoms. The lowest BCUT2D eigenvalue weighted by Gasteiger charge is -2.22. The minimum atomic E-state index is -0.502. The quantitative estimate of drug-likeness (QED) is 0.556. The summed E-state index contributed by atoms with van der Waals surface area (Å²) in [4.78, 5) is 26.9. The third kappa shape index (κ3) is 4.88. The summed E-state index contributed by atoms with van der Waals surface area (Å²) in [5, 5.41) is 14.4. The topological polar surface area (TPSA) is 75.5 Å². The van der Waals surface area contributed by atoms with Crippen LogP contribution in [0, 0.1) is 15.9 Å². The van der Waals surface area contributed by atoms with Gasteiger partial charge in [0.1, 0.15) is 5.82 Å². The normalized spacial score (nSPS) is 16.9. The molecule has 2 aromatic rings. The van der Waals surface area contributed by atoms with Gasteiger partial charge in [0.2, 0.25) is 0 Å². The Morgan fingerprint density at radius 1 is 1.32 bits per heavy atom. The van der Waals surface area contributed by atoms with Gasteiger partial charge in [-0.2, -0.15) is 0 Å². The monoisotopic (exact) mass is 403 g/mol. The second-order valence-corrected chi connectivity index (χ2v) is 7.75. The van der Waals surface area contributed by atoms with Crippen LogP contribution >= 0.6 is 11.8 Å². The van der Waals surface area contributed by atoms with E-state index >= 15 is 0 Å². The number of nitrogens with one attached hydrogen (secondary N) is 1. The van der Waals surface area contributed by atoms with Crippen LogP contribution in [0.15, 0.2) is 52.3 Å². The number of carbonyl (C=O) groups excluding carboxylic acids is 1. The van der Waals surface area contributed by atoms with Crippen molar-refractivity contribution in [3.63, 3.8) is 0 Å². The standard InChI is InChI=1S/C20H22FN3O3S/c1-2-23-11-3-4-16(23)13-22-20(25)14-5-10-19(18(12-14)24(26)27)28-17-8-6-15(21)7-9-17/h5-10,12,16H,2-4,11,13H2,1H3,(H,22,25). The van der Waals surface area contributed by atoms with Gasteiger partial charge in [-0.1, -0.05) is 18.7 Å². The van der Waals surface area contributed by atoms with Crippen molar-refractivity contribution >= 4 is 23.4 Å². The predicted octanol–water partition coefficient (Wildman–Crippen LogP) is 4.10. The first-order chi connectivity index (χ1) is 13.5. The molecule has 0 spiro atoms. The Balaban J connectivity index is 1.71. The van der Waals surface area contributed by atoms with Crippen LogP contribution in [0.2, 0.25) is 0 Å². The zero-order valence-electron chi connectivity index (χ0n) is 15.6. The Morgan fingerprint density at radius 2 is 2.07 bits per heavy atom. The van der Waals surface area contributed by atoms with E-state index in [4.69, 9.17) is 0 Å². The summed E-state index contributed by atoms with van der Waals surface area (Å²) >= 11 is 1.16. The fraction of sp³-hybridized carbons (Fsp3) is 0.350. The van der Waals surface area contributed by atoms with Crippen LogP contribution in [0.5, 0.6) is 0 Å². The average molecular weight is 403 g/mol. The summed E-state index contributed by atoms with van der Waals surface area (Å²) in [6.07, 6.45) is 2.16. The molecule has 0 aliphatic carbocycles. The molecule has 8 heteroatoms. The van der Waals surface area contributed by atoms with Gasteiger partial charge in [-0.3, -0.25) is 19.8 Å². The zero-order chi connectivity index (χ0) is 20.1. The van der Waals surface area contributed by atoms with E-state index in [0.717, 1.165) is 37.7 Å². The van der Waals surface area contributed by atoms with Crippen LogP contribution in [-0.2, 0) is 0 Å². The van der Waals surface area contributed by atoms with Gasteiger partial charge >= 0.3 is 0 Å². The first-order valence-corrected chi connectivity index (χ1v) is 10.0. The molecule has 0 aromatic heterocycles. The predicted molar refractivity (Wildman–Crippen MR) is 106 cm³/mol. The van der Waals surface area contributed by atoms with Crippen molar-refractivity contribution in [2.75, 3.05) is 19.6 Å². The van der Waals surface area contributed by atoms with Gasteiger partial charge < -0.3 is 5.32 Å². The number of carbonyl (C=O) groups is 1. The van der Waals surface area contributed by atoms with Gasteiger partial charge in [0.15, 0.2) is 0 Å². The second kappa shape index (κ2) is 9.16. The van der Waals surface area contributed by atoms with Crippen molar-refractivity contribution in [1.29, 1.82) is 0 Å². The van der Waals surface area contributed by atoms with Gasteiger partial charge in [0.25, 0.3) is 11.6 Å². The Bertz CT molecular complexity index is 860. The highest BCUT2D eigenvalue weighted by molar-refractivity contribution is 7.99. The first kappa shape index (κ1) is 20.3. The highest BCUT2D eigenvalue weighted by Crippen LogP contribution is 2.35. The van der Waals surface area contributed by atoms with Crippen molar-refractivity contribution in [1.82, 2.24) is 10.2 Å². The maximum Gasteiger partial charge on any atom is 0.284 e. The molecule has 1 saturated heterocycles. The summed E-state index contributed by atoms with van der Waals surface area (Å²) in [5.74, 6) is -0.681. The molecule has 28 heavy (non-hydrogen) atoms. The van der Waals surface area contributed by atoms with Gasteiger partial charge in [-0.15, -0.1) is 0 Å². The lowest BCUT2D eigenvalue weighted by atomic mass is 10.1. The number of hydrogen-bond acceptors (Lipinski definition) is 5. The van der Waals surface area contributed by atoms with E-state index in [1.165, 1.54) is 18.2 Å². The zero-order valence-corrected chi connectivity index (χ0v) is 16.4. The number of hydrogen-bond donors (Lipinski definition) is 1. The molecule has 1 heterocycles. The molecule has 1 amide bonds. The molecular weight excluding hydrogens is 381 g/mol. The van der Waals surface area contributed by atoms with Crippen LogP contribution in [0.1, 0.15) is 30.1 Å². The molecule has 3 rings (SSSR count). The lowest BCUT2D eigenvalue weighted by Crippen LogP contribution is -2.40. The SMILES string of the molecule is CCN1CCCC1CNC(=O)c1ccc(Sc2ccc(F)cc2)c([N+](=O)[O-])c1. The minimum absolute atomic E-state index is 0.141. The molecular formula is C20H22FN3O3S. The molecule has 1 aliphatic heterocycles. The van der Waals surface area contributed by atoms with E-state index < -0.39 is 4.92 Å². The van der Waals surface area contributed by atoms with Gasteiger partial charge in [0.05, 0.1) is 9.82 Å². The van der Waals surface area contributed by atoms with Crippen molar-refractivity contribution in [3.8, 4) is 0 Å². The smallest absolute Gasteiger partial charge is 0.284 e. The molecule has 0 saturated carbocycles. The number of nitro benzene ring substituents is 1. The van der Waals surface area contributed by atoms with Crippen molar-refractivity contribution in [2.24, 2.45) is 0 Å². The van der Waals surface area contributed by atoms with Crippen molar-refractivity contribution in [3.05, 3.63) is 64.0 Å². The van der Waals surface area contributed by atoms with Gasteiger partial charge in [-0.25, -0.2) is 4.39 Å². The lowest BCUT2D eigenvalue weighted by molar-refractivity contribution is -0.387. The largest absolute Gasteiger partial charge is 0.350 e. The Hall–Kier alpha value is -2.45. The van der Waals surface area contributed by atoms with Gasteiger partial charge in [-0.05, 0) is 62.3 Å². The highest BCUT2D eigenvalue weighted by Gasteiger charge is 2.24. The third-order valence-corrected chi connectivity index (χ3v) is 5.94. The van der Waals surface area contributed by atoms with Crippen molar-refractivity contribution in [2.45, 2.75) is 35.6 Å². The number of likely N-dealkylation sites (tertiary alicyclic amines) is 1. The Morgan fingerprint density at radius 3 is 2.75 bits per heavy atom. The minimum Gasteiger partial charge on any atom is -0.350 e. The van der Waals surface area contributed by atoms with Gasteiger partial charge in [0, 0.05) is 29.1 Å². The maximum atomic E-state index is 13.0. The fourth-order valence-corrected chi connectivity index (χ4v) is 4.27. The van der Waals surface area contributed by atoms with E-state index in [1.807, 2.05) is 0 Å². The Kier molecular flexibility index (Phi) is 6.64. The number of nitrogens with zero attached hydrogens (tertiary/aromatic N) is 2.